The molecule has 7 heteroatoms. The summed E-state index contributed by atoms with van der Waals surface area (Å²) in [6.07, 6.45) is 0. The summed E-state index contributed by atoms with van der Waals surface area (Å²) >= 11 is 0. The van der Waals surface area contributed by atoms with Crippen molar-refractivity contribution in [3.63, 3.8) is 0 Å². The second-order valence-electron chi connectivity index (χ2n) is 7.26. The smallest absolute Gasteiger partial charge is 0.325 e. The van der Waals surface area contributed by atoms with Gasteiger partial charge in [0, 0.05) is 5.56 Å². The fraction of sp³-hybridized carbons (Fsp3) is 0.318. The third kappa shape index (κ3) is 3.55. The Morgan fingerprint density at radius 1 is 1.03 bits per heavy atom. The molecule has 0 radical (unpaired) electrons. The van der Waals surface area contributed by atoms with Crippen LogP contribution in [-0.2, 0) is 10.3 Å². The van der Waals surface area contributed by atoms with E-state index >= 15 is 0 Å². The number of nitrogens with one attached hydrogen (secondary N) is 1. The van der Waals surface area contributed by atoms with Crippen LogP contribution in [0.2, 0.25) is 0 Å². The average Bonchev–Trinajstić information content (AvgIpc) is 2.93. The van der Waals surface area contributed by atoms with Crippen LogP contribution in [0.1, 0.15) is 34.0 Å². The molecule has 0 aromatic heterocycles. The fourth-order valence-electron chi connectivity index (χ4n) is 3.45. The van der Waals surface area contributed by atoms with E-state index in [1.807, 2.05) is 26.0 Å². The number of imide groups is 1. The Kier molecular flexibility index (Phi) is 5.33. The Labute approximate surface area is 169 Å². The first kappa shape index (κ1) is 20.4. The second kappa shape index (κ2) is 7.58. The number of ketones is 1. The molecule has 0 unspecified atom stereocenters. The summed E-state index contributed by atoms with van der Waals surface area (Å²) in [4.78, 5) is 39.4. The van der Waals surface area contributed by atoms with E-state index in [4.69, 9.17) is 9.47 Å². The van der Waals surface area contributed by atoms with Crippen LogP contribution in [0.4, 0.5) is 4.79 Å². The van der Waals surface area contributed by atoms with E-state index < -0.39 is 17.5 Å². The molecular formula is C22H24N2O5. The Morgan fingerprint density at radius 2 is 1.72 bits per heavy atom. The number of rotatable bonds is 6. The zero-order valence-electron chi connectivity index (χ0n) is 17.2. The van der Waals surface area contributed by atoms with Crippen molar-refractivity contribution in [3.8, 4) is 11.5 Å². The van der Waals surface area contributed by atoms with Crippen molar-refractivity contribution in [2.24, 2.45) is 0 Å². The van der Waals surface area contributed by atoms with Crippen LogP contribution in [-0.4, -0.2) is 43.4 Å². The van der Waals surface area contributed by atoms with E-state index in [0.29, 0.717) is 22.6 Å². The summed E-state index contributed by atoms with van der Waals surface area (Å²) in [6, 6.07) is 9.93. The summed E-state index contributed by atoms with van der Waals surface area (Å²) in [5.41, 5.74) is 1.47. The van der Waals surface area contributed by atoms with Crippen molar-refractivity contribution in [1.29, 1.82) is 0 Å². The number of ether oxygens (including phenoxy) is 2. The predicted molar refractivity (Wildman–Crippen MR) is 107 cm³/mol. The van der Waals surface area contributed by atoms with Crippen molar-refractivity contribution in [3.05, 3.63) is 58.7 Å². The van der Waals surface area contributed by atoms with E-state index in [9.17, 15) is 14.4 Å². The van der Waals surface area contributed by atoms with Gasteiger partial charge in [-0.15, -0.1) is 0 Å². The summed E-state index contributed by atoms with van der Waals surface area (Å²) in [5.74, 6) is 0.177. The number of carbonyl (C=O) groups is 3. The van der Waals surface area contributed by atoms with Crippen LogP contribution in [0, 0.1) is 13.8 Å². The molecule has 0 bridgehead atoms. The highest BCUT2D eigenvalue weighted by Gasteiger charge is 2.49. The van der Waals surface area contributed by atoms with Crippen LogP contribution < -0.4 is 14.8 Å². The molecule has 0 saturated carbocycles. The number of Topliss-reactive ketones (excluding diaryl/α,β-unsaturated/α-hetero) is 1. The highest BCUT2D eigenvalue weighted by Crippen LogP contribution is 2.35. The van der Waals surface area contributed by atoms with Crippen molar-refractivity contribution in [1.82, 2.24) is 10.2 Å². The molecule has 1 aliphatic heterocycles. The number of methoxy groups -OCH3 is 2. The monoisotopic (exact) mass is 396 g/mol. The van der Waals surface area contributed by atoms with Crippen LogP contribution >= 0.6 is 0 Å². The SMILES string of the molecule is COc1ccc([C@@]2(C)NC(=O)N(CC(=O)c3cc(C)ccc3C)C2=O)cc1OC. The lowest BCUT2D eigenvalue weighted by molar-refractivity contribution is -0.130. The van der Waals surface area contributed by atoms with E-state index in [0.717, 1.165) is 16.0 Å². The zero-order chi connectivity index (χ0) is 21.3. The molecule has 1 saturated heterocycles. The van der Waals surface area contributed by atoms with Gasteiger partial charge in [0.15, 0.2) is 17.3 Å². The first-order valence-corrected chi connectivity index (χ1v) is 9.18. The first-order chi connectivity index (χ1) is 13.7. The molecule has 29 heavy (non-hydrogen) atoms. The Bertz CT molecular complexity index is 1000. The number of aryl methyl sites for hydroxylation is 2. The summed E-state index contributed by atoms with van der Waals surface area (Å²) in [7, 11) is 3.01. The normalized spacial score (nSPS) is 18.6. The van der Waals surface area contributed by atoms with E-state index in [1.54, 1.807) is 31.2 Å². The summed E-state index contributed by atoms with van der Waals surface area (Å²) in [5, 5.41) is 2.71. The van der Waals surface area contributed by atoms with E-state index in [1.165, 1.54) is 14.2 Å². The molecule has 0 spiro atoms. The van der Waals surface area contributed by atoms with Gasteiger partial charge in [-0.2, -0.15) is 0 Å². The molecule has 1 atom stereocenters. The average molecular weight is 396 g/mol. The standard InChI is InChI=1S/C22H24N2O5/c1-13-6-7-14(2)16(10-13)17(25)12-24-20(26)22(3,23-21(24)27)15-8-9-18(28-4)19(11-15)29-5/h6-11H,12H2,1-5H3,(H,23,27)/t22-/m1/s1. The lowest BCUT2D eigenvalue weighted by atomic mass is 9.91. The number of hydrogen-bond acceptors (Lipinski definition) is 5. The minimum Gasteiger partial charge on any atom is -0.493 e. The number of amides is 3. The van der Waals surface area contributed by atoms with Crippen molar-refractivity contribution >= 4 is 17.7 Å². The topological polar surface area (TPSA) is 84.9 Å². The fourth-order valence-corrected chi connectivity index (χ4v) is 3.45. The van der Waals surface area contributed by atoms with Gasteiger partial charge >= 0.3 is 6.03 Å². The summed E-state index contributed by atoms with van der Waals surface area (Å²) in [6.45, 7) is 5.00. The highest BCUT2D eigenvalue weighted by molar-refractivity contribution is 6.11. The quantitative estimate of drug-likeness (QED) is 0.599. The zero-order valence-corrected chi connectivity index (χ0v) is 17.2. The molecule has 1 aliphatic rings. The largest absolute Gasteiger partial charge is 0.493 e. The molecule has 2 aromatic carbocycles. The number of urea groups is 1. The maximum Gasteiger partial charge on any atom is 0.325 e. The lowest BCUT2D eigenvalue weighted by Gasteiger charge is -2.23. The molecule has 152 valence electrons. The Balaban J connectivity index is 1.89. The molecule has 0 aliphatic carbocycles. The molecule has 3 rings (SSSR count). The molecule has 1 N–H and O–H groups in total. The van der Waals surface area contributed by atoms with Gasteiger partial charge in [-0.3, -0.25) is 14.5 Å². The van der Waals surface area contributed by atoms with E-state index in [2.05, 4.69) is 5.32 Å². The van der Waals surface area contributed by atoms with Crippen LogP contribution in [0.15, 0.2) is 36.4 Å². The van der Waals surface area contributed by atoms with Gasteiger partial charge in [0.1, 0.15) is 5.54 Å². The van der Waals surface area contributed by atoms with Gasteiger partial charge in [0.05, 0.1) is 20.8 Å². The maximum absolute atomic E-state index is 13.1. The van der Waals surface area contributed by atoms with Crippen LogP contribution in [0.5, 0.6) is 11.5 Å². The molecular weight excluding hydrogens is 372 g/mol. The number of carbonyl (C=O) groups excluding carboxylic acids is 3. The minimum atomic E-state index is -1.31. The molecule has 2 aromatic rings. The third-order valence-electron chi connectivity index (χ3n) is 5.23. The molecule has 1 fully saturated rings. The van der Waals surface area contributed by atoms with Gasteiger partial charge in [-0.05, 0) is 50.1 Å². The maximum atomic E-state index is 13.1. The first-order valence-electron chi connectivity index (χ1n) is 9.18. The number of nitrogens with zero attached hydrogens (tertiary/aromatic N) is 1. The molecule has 1 heterocycles. The van der Waals surface area contributed by atoms with Crippen molar-refractivity contribution in [2.75, 3.05) is 20.8 Å². The lowest BCUT2D eigenvalue weighted by Crippen LogP contribution is -2.41. The predicted octanol–water partition coefficient (Wildman–Crippen LogP) is 2.97. The number of benzene rings is 2. The summed E-state index contributed by atoms with van der Waals surface area (Å²) < 4.78 is 10.5. The number of hydrogen-bond donors (Lipinski definition) is 1. The second-order valence-corrected chi connectivity index (χ2v) is 7.26. The molecule has 7 nitrogen and oxygen atoms in total. The minimum absolute atomic E-state index is 0.286. The van der Waals surface area contributed by atoms with Gasteiger partial charge in [-0.1, -0.05) is 23.8 Å². The van der Waals surface area contributed by atoms with Gasteiger partial charge < -0.3 is 14.8 Å². The highest BCUT2D eigenvalue weighted by atomic mass is 16.5. The van der Waals surface area contributed by atoms with Gasteiger partial charge in [0.25, 0.3) is 5.91 Å². The van der Waals surface area contributed by atoms with Crippen LogP contribution in [0.3, 0.4) is 0 Å². The molecule has 3 amide bonds. The Morgan fingerprint density at radius 3 is 2.38 bits per heavy atom. The third-order valence-corrected chi connectivity index (χ3v) is 5.23. The Hall–Kier alpha value is -3.35. The van der Waals surface area contributed by atoms with Crippen molar-refractivity contribution < 1.29 is 23.9 Å². The van der Waals surface area contributed by atoms with Gasteiger partial charge in [-0.25, -0.2) is 4.79 Å². The van der Waals surface area contributed by atoms with Crippen molar-refractivity contribution in [2.45, 2.75) is 26.3 Å². The van der Waals surface area contributed by atoms with Crippen LogP contribution in [0.25, 0.3) is 0 Å². The van der Waals surface area contributed by atoms with Gasteiger partial charge in [0.2, 0.25) is 0 Å². The van der Waals surface area contributed by atoms with E-state index in [-0.39, 0.29) is 12.3 Å².